The van der Waals surface area contributed by atoms with Gasteiger partial charge in [0.25, 0.3) is 0 Å². The minimum Gasteiger partial charge on any atom is -0.396 e. The molecule has 1 aromatic rings. The quantitative estimate of drug-likeness (QED) is 0.861. The van der Waals surface area contributed by atoms with Crippen LogP contribution >= 0.6 is 27.3 Å². The Bertz CT molecular complexity index is 464. The van der Waals surface area contributed by atoms with Gasteiger partial charge in [-0.15, -0.1) is 11.3 Å². The fraction of sp³-hybridized carbons (Fsp3) is 0.600. The van der Waals surface area contributed by atoms with Crippen LogP contribution in [0.15, 0.2) is 14.1 Å². The Balaban J connectivity index is 2.89. The van der Waals surface area contributed by atoms with Crippen LogP contribution < -0.4 is 4.72 Å². The van der Waals surface area contributed by atoms with Gasteiger partial charge < -0.3 is 5.11 Å². The van der Waals surface area contributed by atoms with Crippen molar-refractivity contribution in [2.24, 2.45) is 5.92 Å². The van der Waals surface area contributed by atoms with E-state index in [0.29, 0.717) is 4.21 Å². The summed E-state index contributed by atoms with van der Waals surface area (Å²) in [4.78, 5) is 0. The molecule has 2 N–H and O–H groups in total. The van der Waals surface area contributed by atoms with Gasteiger partial charge in [0.2, 0.25) is 10.0 Å². The molecular formula is C10H16BrNO3S2. The lowest BCUT2D eigenvalue weighted by atomic mass is 10.1. The second-order valence-corrected chi connectivity index (χ2v) is 8.40. The molecule has 0 spiro atoms. The molecule has 4 nitrogen and oxygen atoms in total. The highest BCUT2D eigenvalue weighted by Gasteiger charge is 2.23. The monoisotopic (exact) mass is 341 g/mol. The number of aliphatic hydroxyl groups excluding tert-OH is 1. The third-order valence-electron chi connectivity index (χ3n) is 2.58. The molecule has 0 bridgehead atoms. The van der Waals surface area contributed by atoms with Crippen LogP contribution in [0.4, 0.5) is 0 Å². The van der Waals surface area contributed by atoms with Crippen molar-refractivity contribution in [1.29, 1.82) is 0 Å². The molecule has 7 heteroatoms. The van der Waals surface area contributed by atoms with Crippen LogP contribution in [0.3, 0.4) is 0 Å². The summed E-state index contributed by atoms with van der Waals surface area (Å²) >= 11 is 4.49. The first-order chi connectivity index (χ1) is 7.77. The highest BCUT2D eigenvalue weighted by Crippen LogP contribution is 2.30. The summed E-state index contributed by atoms with van der Waals surface area (Å²) < 4.78 is 27.7. The molecule has 0 aliphatic carbocycles. The number of hydrogen-bond donors (Lipinski definition) is 2. The Labute approximate surface area is 114 Å². The van der Waals surface area contributed by atoms with Gasteiger partial charge in [-0.05, 0) is 47.3 Å². The molecular weight excluding hydrogens is 326 g/mol. The summed E-state index contributed by atoms with van der Waals surface area (Å²) in [5.74, 6) is -0.116. The van der Waals surface area contributed by atoms with E-state index in [9.17, 15) is 8.42 Å². The van der Waals surface area contributed by atoms with Crippen LogP contribution in [0.1, 0.15) is 19.4 Å². The van der Waals surface area contributed by atoms with E-state index in [-0.39, 0.29) is 18.6 Å². The van der Waals surface area contributed by atoms with Gasteiger partial charge in [-0.2, -0.15) is 0 Å². The van der Waals surface area contributed by atoms with E-state index in [1.807, 2.05) is 6.92 Å². The molecule has 0 fully saturated rings. The first-order valence-corrected chi connectivity index (χ1v) is 8.26. The maximum Gasteiger partial charge on any atom is 0.250 e. The number of rotatable bonds is 5. The number of aliphatic hydroxyl groups is 1. The molecule has 0 aliphatic rings. The van der Waals surface area contributed by atoms with Crippen LogP contribution in [-0.4, -0.2) is 26.2 Å². The number of sulfonamides is 1. The van der Waals surface area contributed by atoms with Crippen molar-refractivity contribution in [3.63, 3.8) is 0 Å². The maximum absolute atomic E-state index is 12.0. The van der Waals surface area contributed by atoms with Crippen molar-refractivity contribution in [2.45, 2.75) is 31.0 Å². The molecule has 98 valence electrons. The van der Waals surface area contributed by atoms with Crippen LogP contribution in [0.25, 0.3) is 0 Å². The highest BCUT2D eigenvalue weighted by molar-refractivity contribution is 9.11. The molecule has 1 rings (SSSR count). The van der Waals surface area contributed by atoms with E-state index in [2.05, 4.69) is 20.7 Å². The van der Waals surface area contributed by atoms with E-state index in [1.54, 1.807) is 19.9 Å². The van der Waals surface area contributed by atoms with Crippen molar-refractivity contribution in [1.82, 2.24) is 4.72 Å². The zero-order valence-corrected chi connectivity index (χ0v) is 13.1. The van der Waals surface area contributed by atoms with Gasteiger partial charge in [-0.25, -0.2) is 13.1 Å². The second kappa shape index (κ2) is 5.79. The molecule has 0 radical (unpaired) electrons. The van der Waals surface area contributed by atoms with Gasteiger partial charge in [0, 0.05) is 12.6 Å². The van der Waals surface area contributed by atoms with Crippen molar-refractivity contribution < 1.29 is 13.5 Å². The van der Waals surface area contributed by atoms with Gasteiger partial charge in [-0.1, -0.05) is 6.92 Å². The van der Waals surface area contributed by atoms with E-state index in [0.717, 1.165) is 9.35 Å². The molecule has 2 atom stereocenters. The Morgan fingerprint density at radius 2 is 2.12 bits per heavy atom. The molecule has 1 heterocycles. The minimum absolute atomic E-state index is 0.0448. The van der Waals surface area contributed by atoms with Gasteiger partial charge in [0.05, 0.1) is 3.79 Å². The first-order valence-electron chi connectivity index (χ1n) is 5.17. The van der Waals surface area contributed by atoms with E-state index in [1.165, 1.54) is 11.3 Å². The number of halogens is 1. The lowest BCUT2D eigenvalue weighted by molar-refractivity contribution is 0.216. The van der Waals surface area contributed by atoms with Crippen molar-refractivity contribution in [3.8, 4) is 0 Å². The van der Waals surface area contributed by atoms with Crippen LogP contribution in [-0.2, 0) is 10.0 Å². The molecule has 2 unspecified atom stereocenters. The number of nitrogens with one attached hydrogen (secondary N) is 1. The number of aryl methyl sites for hydroxylation is 1. The normalized spacial score (nSPS) is 15.8. The minimum atomic E-state index is -3.49. The molecule has 17 heavy (non-hydrogen) atoms. The fourth-order valence-corrected chi connectivity index (χ4v) is 4.74. The summed E-state index contributed by atoms with van der Waals surface area (Å²) in [7, 11) is -3.49. The summed E-state index contributed by atoms with van der Waals surface area (Å²) in [6.45, 7) is 5.34. The highest BCUT2D eigenvalue weighted by atomic mass is 79.9. The van der Waals surface area contributed by atoms with Gasteiger partial charge in [-0.3, -0.25) is 0 Å². The predicted octanol–water partition coefficient (Wildman–Crippen LogP) is 2.11. The summed E-state index contributed by atoms with van der Waals surface area (Å²) in [5.41, 5.74) is 0.901. The lowest BCUT2D eigenvalue weighted by Crippen LogP contribution is -2.37. The summed E-state index contributed by atoms with van der Waals surface area (Å²) in [6.07, 6.45) is 0. The average Bonchev–Trinajstić information content (AvgIpc) is 2.58. The van der Waals surface area contributed by atoms with Crippen LogP contribution in [0, 0.1) is 12.8 Å². The van der Waals surface area contributed by atoms with Crippen molar-refractivity contribution >= 4 is 37.3 Å². The van der Waals surface area contributed by atoms with Crippen molar-refractivity contribution in [2.75, 3.05) is 6.61 Å². The smallest absolute Gasteiger partial charge is 0.250 e. The Morgan fingerprint density at radius 3 is 2.53 bits per heavy atom. The summed E-state index contributed by atoms with van der Waals surface area (Å²) in [5, 5.41) is 8.98. The molecule has 0 aromatic carbocycles. The zero-order valence-electron chi connectivity index (χ0n) is 9.90. The first kappa shape index (κ1) is 15.1. The van der Waals surface area contributed by atoms with E-state index in [4.69, 9.17) is 5.11 Å². The second-order valence-electron chi connectivity index (χ2n) is 4.09. The number of hydrogen-bond acceptors (Lipinski definition) is 4. The Hall–Kier alpha value is 0.0500. The Kier molecular flexibility index (Phi) is 5.15. The lowest BCUT2D eigenvalue weighted by Gasteiger charge is -2.18. The SMILES string of the molecule is Cc1cc(S(=O)(=O)NC(C)C(C)CO)sc1Br. The third kappa shape index (κ3) is 3.75. The molecule has 0 saturated heterocycles. The van der Waals surface area contributed by atoms with Gasteiger partial charge in [0.1, 0.15) is 4.21 Å². The van der Waals surface area contributed by atoms with Gasteiger partial charge in [0.15, 0.2) is 0 Å². The largest absolute Gasteiger partial charge is 0.396 e. The summed E-state index contributed by atoms with van der Waals surface area (Å²) in [6, 6.07) is 1.33. The maximum atomic E-state index is 12.0. The topological polar surface area (TPSA) is 66.4 Å². The molecule has 0 amide bonds. The molecule has 0 saturated carbocycles. The van der Waals surface area contributed by atoms with E-state index < -0.39 is 10.0 Å². The fourth-order valence-electron chi connectivity index (χ4n) is 1.14. The van der Waals surface area contributed by atoms with E-state index >= 15 is 0 Å². The van der Waals surface area contributed by atoms with Gasteiger partial charge >= 0.3 is 0 Å². The molecule has 0 aliphatic heterocycles. The van der Waals surface area contributed by atoms with Crippen LogP contribution in [0.5, 0.6) is 0 Å². The zero-order chi connectivity index (χ0) is 13.2. The van der Waals surface area contributed by atoms with Crippen molar-refractivity contribution in [3.05, 3.63) is 15.4 Å². The number of thiophene rings is 1. The average molecular weight is 342 g/mol. The predicted molar refractivity (Wildman–Crippen MR) is 72.8 cm³/mol. The Morgan fingerprint density at radius 1 is 1.53 bits per heavy atom. The molecule has 1 aromatic heterocycles. The third-order valence-corrected chi connectivity index (χ3v) is 6.75. The van der Waals surface area contributed by atoms with Crippen LogP contribution in [0.2, 0.25) is 0 Å². The standard InChI is InChI=1S/C10H16BrNO3S2/c1-6-4-9(16-10(6)11)17(14,15)12-8(3)7(2)5-13/h4,7-8,12-13H,5H2,1-3H3.